The largest absolute Gasteiger partial charge is 0.478 e. The predicted molar refractivity (Wildman–Crippen MR) is 355 cm³/mol. The highest BCUT2D eigenvalue weighted by Gasteiger charge is 2.59. The first-order valence-electron chi connectivity index (χ1n) is 33.8. The summed E-state index contributed by atoms with van der Waals surface area (Å²) >= 11 is 0. The van der Waals surface area contributed by atoms with Crippen molar-refractivity contribution in [1.82, 2.24) is 55.9 Å². The van der Waals surface area contributed by atoms with Crippen molar-refractivity contribution in [2.75, 3.05) is 21.3 Å². The molecule has 3 aromatic rings. The second-order valence-corrected chi connectivity index (χ2v) is 30.9. The van der Waals surface area contributed by atoms with Crippen LogP contribution in [0.4, 0.5) is 58.7 Å². The van der Waals surface area contributed by atoms with E-state index in [1.165, 1.54) is 59.1 Å². The van der Waals surface area contributed by atoms with E-state index in [1.54, 1.807) is 27.7 Å². The summed E-state index contributed by atoms with van der Waals surface area (Å²) in [5.41, 5.74) is 0.693. The highest BCUT2D eigenvalue weighted by molar-refractivity contribution is 5.96. The number of aromatic nitrogens is 6. The molecule has 578 valence electrons. The molecular formula is C67H91ClF9N13O14. The first-order valence-corrected chi connectivity index (χ1v) is 33.8. The molecule has 0 aliphatic heterocycles. The predicted octanol–water partition coefficient (Wildman–Crippen LogP) is 9.97. The van der Waals surface area contributed by atoms with Crippen molar-refractivity contribution in [3.8, 4) is 0 Å². The van der Waals surface area contributed by atoms with E-state index in [2.05, 4.69) is 56.1 Å². The molecule has 12 saturated carbocycles. The van der Waals surface area contributed by atoms with Gasteiger partial charge in [-0.3, -0.25) is 9.59 Å². The van der Waals surface area contributed by atoms with Crippen LogP contribution in [0.5, 0.6) is 0 Å². The first-order chi connectivity index (χ1) is 47.7. The Morgan fingerprint density at radius 2 is 0.779 bits per heavy atom. The van der Waals surface area contributed by atoms with Gasteiger partial charge in [0.25, 0.3) is 11.8 Å². The molecule has 6 unspecified atom stereocenters. The minimum absolute atomic E-state index is 0. The number of nitrogens with one attached hydrogen (secondary N) is 5. The first kappa shape index (κ1) is 81.5. The van der Waals surface area contributed by atoms with Crippen molar-refractivity contribution in [3.05, 3.63) is 70.6 Å². The number of alkyl halides is 9. The van der Waals surface area contributed by atoms with Gasteiger partial charge < -0.3 is 72.3 Å². The van der Waals surface area contributed by atoms with Crippen molar-refractivity contribution in [3.63, 3.8) is 0 Å². The third kappa shape index (κ3) is 19.1. The van der Waals surface area contributed by atoms with Gasteiger partial charge in [-0.15, -0.1) is 12.4 Å². The number of hydrogen-bond acceptors (Lipinski definition) is 17. The third-order valence-corrected chi connectivity index (χ3v) is 21.3. The molecule has 0 saturated heterocycles. The van der Waals surface area contributed by atoms with E-state index in [0.29, 0.717) is 75.6 Å². The fraction of sp³-hybridized carbons (Fsp3) is 0.672. The van der Waals surface area contributed by atoms with E-state index in [-0.39, 0.29) is 53.8 Å². The Kier molecular flexibility index (Phi) is 23.8. The number of carboxylic acids is 1. The Hall–Kier alpha value is -8.12. The molecule has 12 bridgehead atoms. The quantitative estimate of drug-likeness (QED) is 0.0499. The Balaban J connectivity index is 0.000000185. The molecule has 6 amide bonds. The maximum atomic E-state index is 14.0. The van der Waals surface area contributed by atoms with Crippen molar-refractivity contribution in [2.24, 2.45) is 64.7 Å². The van der Waals surface area contributed by atoms with E-state index in [0.717, 1.165) is 102 Å². The minimum Gasteiger partial charge on any atom is -0.478 e. The number of methoxy groups -OCH3 is 3. The SMILES string of the molecule is COC(=O)NC(C)(C)/C=C/n1ncc(C(=O)NC2C3CC4CC2CC(O)(C4)C3)c1C(F)(F)F.COC(=O)NC(C)(C)/C=C/n1ncc(C(=O)NC2C3CC4CC2CC(OC(N)=O)(C4)C3)c1C(F)(F)F.COC(=O)NC(C)(C)/C=C/n1ncc(C(=O)O)c1C(F)(F)F.Cl.NC1C2CC3CC1CC(O)(C3)C2. The monoisotopic (exact) mass is 1510 g/mol. The molecule has 12 aliphatic carbocycles. The van der Waals surface area contributed by atoms with E-state index in [4.69, 9.17) is 21.3 Å². The Labute approximate surface area is 598 Å². The van der Waals surface area contributed by atoms with Crippen molar-refractivity contribution in [2.45, 2.75) is 208 Å². The summed E-state index contributed by atoms with van der Waals surface area (Å²) in [4.78, 5) is 82.3. The summed E-state index contributed by atoms with van der Waals surface area (Å²) in [5.74, 6) is -0.498. The lowest BCUT2D eigenvalue weighted by molar-refractivity contribution is -0.143. The van der Waals surface area contributed by atoms with Gasteiger partial charge >= 0.3 is 48.9 Å². The lowest BCUT2D eigenvalue weighted by Gasteiger charge is -2.58. The number of carbonyl (C=O) groups excluding carboxylic acids is 6. The Morgan fingerprint density at radius 3 is 1.08 bits per heavy atom. The van der Waals surface area contributed by atoms with Gasteiger partial charge in [0.1, 0.15) is 11.2 Å². The maximum absolute atomic E-state index is 14.0. The number of primary amides is 1. The molecule has 0 spiro atoms. The number of ether oxygens (including phenoxy) is 4. The standard InChI is InChI=1S/C23H30F3N5O5.C22H29F3N4O4.C12H14F3N3O4.C10H17NO.ClH/c1-21(2,30-20(34)35-3)4-5-31-17(23(24,25)26)15(11-28-31)18(32)29-16-13-6-12-7-14(16)10-22(8-12,9-13)36-19(27)33;1-20(2,28-19(31)33-3)4-5-29-17(22(23,24)25)15(11-26-29)18(30)27-16-13-6-12-7-14(16)10-21(32,8-12)9-13;1-11(2,17-10(21)22-3)4-5-18-8(12(13,14)15)7(6-16-18)9(19)20;11-9-7-1-6-2-8(9)5-10(12,3-6)4-7;/h4-5,11-14,16H,6-10H2,1-3H3,(H2,27,33)(H,29,32)(H,30,34);4-5,11-14,16,32H,6-10H2,1-3H3,(H,27,30)(H,28,31);4-6H,1-3H3,(H,17,21)(H,19,20);6-9,12H,1-5,11H2;1H/b3*5-4+;;. The number of aliphatic hydroxyl groups is 2. The zero-order valence-electron chi connectivity index (χ0n) is 58.7. The number of aromatic carboxylic acids is 1. The van der Waals surface area contributed by atoms with Gasteiger partial charge in [0, 0.05) is 36.7 Å². The zero-order valence-corrected chi connectivity index (χ0v) is 59.5. The molecule has 12 N–H and O–H groups in total. The zero-order chi connectivity index (χ0) is 76.1. The fourth-order valence-corrected chi connectivity index (χ4v) is 17.8. The van der Waals surface area contributed by atoms with Crippen LogP contribution in [0.25, 0.3) is 18.6 Å². The van der Waals surface area contributed by atoms with E-state index in [1.807, 2.05) is 0 Å². The number of hydrogen-bond donors (Lipinski definition) is 10. The normalized spacial score (nSPS) is 29.9. The molecule has 3 heterocycles. The highest BCUT2D eigenvalue weighted by atomic mass is 35.5. The van der Waals surface area contributed by atoms with Crippen LogP contribution in [-0.2, 0) is 37.5 Å². The lowest BCUT2D eigenvalue weighted by atomic mass is 9.52. The molecule has 37 heteroatoms. The van der Waals surface area contributed by atoms with Crippen molar-refractivity contribution < 1.29 is 107 Å². The van der Waals surface area contributed by atoms with Crippen LogP contribution >= 0.6 is 12.4 Å². The number of carbonyl (C=O) groups is 7. The van der Waals surface area contributed by atoms with Crippen LogP contribution in [0.2, 0.25) is 0 Å². The van der Waals surface area contributed by atoms with Crippen molar-refractivity contribution in [1.29, 1.82) is 0 Å². The topological polar surface area (TPSA) is 383 Å². The Morgan fingerprint density at radius 1 is 0.490 bits per heavy atom. The summed E-state index contributed by atoms with van der Waals surface area (Å²) in [6.45, 7) is 9.29. The van der Waals surface area contributed by atoms with Crippen LogP contribution in [0.1, 0.15) is 186 Å². The number of alkyl carbamates (subject to hydrolysis) is 3. The number of halogens is 10. The number of nitrogens with zero attached hydrogens (tertiary/aromatic N) is 6. The molecule has 6 atom stereocenters. The second kappa shape index (κ2) is 30.4. The van der Waals surface area contributed by atoms with Crippen LogP contribution in [0, 0.1) is 53.3 Å². The van der Waals surface area contributed by atoms with Crippen molar-refractivity contribution >= 4 is 73.2 Å². The fourth-order valence-electron chi connectivity index (χ4n) is 17.8. The van der Waals surface area contributed by atoms with E-state index >= 15 is 0 Å². The molecule has 0 aromatic carbocycles. The molecule has 12 aliphatic rings. The molecule has 0 radical (unpaired) electrons. The summed E-state index contributed by atoms with van der Waals surface area (Å²) < 4.78 is 143. The third-order valence-electron chi connectivity index (χ3n) is 21.3. The Bertz CT molecular complexity index is 3720. The van der Waals surface area contributed by atoms with E-state index in [9.17, 15) is 83.3 Å². The summed E-state index contributed by atoms with van der Waals surface area (Å²) in [6, 6.07) is -0.180. The number of carboxylic acid groups (broad SMARTS) is 1. The van der Waals surface area contributed by atoms with Gasteiger partial charge in [-0.05, 0) is 209 Å². The van der Waals surface area contributed by atoms with Crippen LogP contribution < -0.4 is 38.1 Å². The van der Waals surface area contributed by atoms with Gasteiger partial charge in [-0.2, -0.15) is 54.8 Å². The average Bonchev–Trinajstić information content (AvgIpc) is 1.03. The van der Waals surface area contributed by atoms with Gasteiger partial charge in [0.05, 0.1) is 78.9 Å². The molecule has 3 aromatic heterocycles. The second-order valence-electron chi connectivity index (χ2n) is 30.9. The molecular weight excluding hydrogens is 1420 g/mol. The van der Waals surface area contributed by atoms with Crippen LogP contribution in [-0.4, -0.2) is 160 Å². The van der Waals surface area contributed by atoms with Gasteiger partial charge in [-0.1, -0.05) is 0 Å². The molecule has 12 fully saturated rings. The number of rotatable bonds is 15. The maximum Gasteiger partial charge on any atom is 0.434 e. The van der Waals surface area contributed by atoms with E-state index < -0.39 is 122 Å². The smallest absolute Gasteiger partial charge is 0.434 e. The highest BCUT2D eigenvalue weighted by Crippen LogP contribution is 2.59. The van der Waals surface area contributed by atoms with Gasteiger partial charge in [0.2, 0.25) is 0 Å². The average molecular weight is 1510 g/mol. The lowest BCUT2D eigenvalue weighted by Crippen LogP contribution is -2.63. The van der Waals surface area contributed by atoms with Gasteiger partial charge in [0.15, 0.2) is 17.1 Å². The minimum atomic E-state index is -4.89. The molecule has 15 rings (SSSR count). The van der Waals surface area contributed by atoms with Crippen LogP contribution in [0.3, 0.4) is 0 Å². The summed E-state index contributed by atoms with van der Waals surface area (Å²) in [5, 5.41) is 53.5. The molecule has 27 nitrogen and oxygen atoms in total. The summed E-state index contributed by atoms with van der Waals surface area (Å²) in [7, 11) is 3.49. The molecule has 104 heavy (non-hydrogen) atoms. The number of nitrogens with two attached hydrogens (primary N) is 2. The van der Waals surface area contributed by atoms with Gasteiger partial charge in [-0.25, -0.2) is 38.0 Å². The van der Waals surface area contributed by atoms with Crippen LogP contribution in [0.15, 0.2) is 36.8 Å². The summed E-state index contributed by atoms with van der Waals surface area (Å²) in [6.07, 6.45) is 4.28. The number of amides is 6.